The summed E-state index contributed by atoms with van der Waals surface area (Å²) in [6.07, 6.45) is 2.81. The Morgan fingerprint density at radius 2 is 1.85 bits per heavy atom. The fourth-order valence-electron chi connectivity index (χ4n) is 2.31. The second-order valence-corrected chi connectivity index (χ2v) is 4.80. The number of nitrogens with two attached hydrogens (primary N) is 1. The molecule has 2 aromatic carbocycles. The van der Waals surface area contributed by atoms with Crippen LogP contribution in [0.25, 0.3) is 10.9 Å². The van der Waals surface area contributed by atoms with Crippen LogP contribution in [0.5, 0.6) is 0 Å². The molecule has 0 spiro atoms. The molecule has 0 atom stereocenters. The van der Waals surface area contributed by atoms with Crippen molar-refractivity contribution in [1.29, 1.82) is 0 Å². The summed E-state index contributed by atoms with van der Waals surface area (Å²) in [6, 6.07) is 18.3. The van der Waals surface area contributed by atoms with Gasteiger partial charge in [-0.15, -0.1) is 0 Å². The summed E-state index contributed by atoms with van der Waals surface area (Å²) in [7, 11) is 0. The standard InChI is InChI=1S/C17H17N3/c18-14-6-7-15-16(9-11-20-17(15)12-14)19-10-8-13-4-2-1-3-5-13/h1-7,9,11-12H,8,10,18H2,(H,19,20). The van der Waals surface area contributed by atoms with Crippen LogP contribution in [0.15, 0.2) is 60.8 Å². The van der Waals surface area contributed by atoms with Gasteiger partial charge in [-0.2, -0.15) is 0 Å². The summed E-state index contributed by atoms with van der Waals surface area (Å²) >= 11 is 0. The highest BCUT2D eigenvalue weighted by Gasteiger charge is 2.01. The van der Waals surface area contributed by atoms with Gasteiger partial charge in [-0.1, -0.05) is 30.3 Å². The van der Waals surface area contributed by atoms with Gasteiger partial charge in [0.2, 0.25) is 0 Å². The Bertz CT molecular complexity index is 708. The summed E-state index contributed by atoms with van der Waals surface area (Å²) in [4.78, 5) is 4.35. The Morgan fingerprint density at radius 3 is 2.70 bits per heavy atom. The number of anilines is 2. The third kappa shape index (κ3) is 2.72. The van der Waals surface area contributed by atoms with Crippen LogP contribution in [0, 0.1) is 0 Å². The monoisotopic (exact) mass is 263 g/mol. The minimum absolute atomic E-state index is 0.742. The van der Waals surface area contributed by atoms with Gasteiger partial charge < -0.3 is 11.1 Å². The number of nitrogen functional groups attached to an aromatic ring is 1. The lowest BCUT2D eigenvalue weighted by molar-refractivity contribution is 1.02. The molecule has 0 bridgehead atoms. The first-order valence-corrected chi connectivity index (χ1v) is 6.75. The van der Waals surface area contributed by atoms with E-state index in [2.05, 4.69) is 34.6 Å². The van der Waals surface area contributed by atoms with Crippen LogP contribution in [-0.2, 0) is 6.42 Å². The SMILES string of the molecule is Nc1ccc2c(NCCc3ccccc3)ccnc2c1. The Balaban J connectivity index is 1.74. The minimum Gasteiger partial charge on any atom is -0.399 e. The number of nitrogens with zero attached hydrogens (tertiary/aromatic N) is 1. The smallest absolute Gasteiger partial charge is 0.0743 e. The largest absolute Gasteiger partial charge is 0.399 e. The van der Waals surface area contributed by atoms with Crippen LogP contribution in [-0.4, -0.2) is 11.5 Å². The molecule has 0 aliphatic heterocycles. The van der Waals surface area contributed by atoms with Crippen molar-refractivity contribution >= 4 is 22.3 Å². The molecule has 3 heteroatoms. The summed E-state index contributed by atoms with van der Waals surface area (Å²) in [5.74, 6) is 0. The number of aromatic nitrogens is 1. The predicted molar refractivity (Wildman–Crippen MR) is 84.8 cm³/mol. The summed E-state index contributed by atoms with van der Waals surface area (Å²) in [6.45, 7) is 0.896. The average molecular weight is 263 g/mol. The molecule has 0 aliphatic carbocycles. The second-order valence-electron chi connectivity index (χ2n) is 4.80. The molecular formula is C17H17N3. The molecule has 3 N–H and O–H groups in total. The van der Waals surface area contributed by atoms with Crippen LogP contribution in [0.2, 0.25) is 0 Å². The Hall–Kier alpha value is -2.55. The number of hydrogen-bond donors (Lipinski definition) is 2. The molecule has 0 saturated heterocycles. The highest BCUT2D eigenvalue weighted by molar-refractivity contribution is 5.92. The molecule has 0 radical (unpaired) electrons. The topological polar surface area (TPSA) is 50.9 Å². The summed E-state index contributed by atoms with van der Waals surface area (Å²) in [5, 5.41) is 4.58. The quantitative estimate of drug-likeness (QED) is 0.709. The highest BCUT2D eigenvalue weighted by Crippen LogP contribution is 2.23. The number of rotatable bonds is 4. The highest BCUT2D eigenvalue weighted by atomic mass is 14.9. The molecule has 0 unspecified atom stereocenters. The molecule has 1 heterocycles. The van der Waals surface area contributed by atoms with Crippen molar-refractivity contribution in [2.75, 3.05) is 17.6 Å². The number of nitrogens with one attached hydrogen (secondary N) is 1. The van der Waals surface area contributed by atoms with E-state index < -0.39 is 0 Å². The first-order valence-electron chi connectivity index (χ1n) is 6.75. The van der Waals surface area contributed by atoms with Crippen LogP contribution in [0.4, 0.5) is 11.4 Å². The van der Waals surface area contributed by atoms with E-state index in [0.29, 0.717) is 0 Å². The fourth-order valence-corrected chi connectivity index (χ4v) is 2.31. The molecule has 1 aromatic heterocycles. The molecule has 0 saturated carbocycles. The maximum atomic E-state index is 5.79. The molecule has 100 valence electrons. The first kappa shape index (κ1) is 12.5. The van der Waals surface area contributed by atoms with Gasteiger partial charge in [0, 0.05) is 29.5 Å². The van der Waals surface area contributed by atoms with E-state index in [1.165, 1.54) is 5.56 Å². The summed E-state index contributed by atoms with van der Waals surface area (Å²) < 4.78 is 0. The maximum absolute atomic E-state index is 5.79. The van der Waals surface area contributed by atoms with Gasteiger partial charge in [-0.05, 0) is 36.2 Å². The molecule has 0 fully saturated rings. The lowest BCUT2D eigenvalue weighted by atomic mass is 10.1. The van der Waals surface area contributed by atoms with Gasteiger partial charge in [0.1, 0.15) is 0 Å². The predicted octanol–water partition coefficient (Wildman–Crippen LogP) is 3.47. The third-order valence-corrected chi connectivity index (χ3v) is 3.34. The molecule has 3 nitrogen and oxygen atoms in total. The van der Waals surface area contributed by atoms with E-state index in [4.69, 9.17) is 5.73 Å². The molecule has 3 rings (SSSR count). The van der Waals surface area contributed by atoms with Crippen molar-refractivity contribution in [3.8, 4) is 0 Å². The lowest BCUT2D eigenvalue weighted by Crippen LogP contribution is -2.05. The first-order chi connectivity index (χ1) is 9.83. The van der Waals surface area contributed by atoms with Crippen molar-refractivity contribution in [2.24, 2.45) is 0 Å². The zero-order valence-electron chi connectivity index (χ0n) is 11.2. The van der Waals surface area contributed by atoms with E-state index in [9.17, 15) is 0 Å². The zero-order chi connectivity index (χ0) is 13.8. The number of hydrogen-bond acceptors (Lipinski definition) is 3. The Labute approximate surface area is 118 Å². The normalized spacial score (nSPS) is 10.6. The van der Waals surface area contributed by atoms with Gasteiger partial charge in [0.05, 0.1) is 5.52 Å². The third-order valence-electron chi connectivity index (χ3n) is 3.34. The van der Waals surface area contributed by atoms with E-state index in [0.717, 1.165) is 35.2 Å². The molecule has 0 aliphatic rings. The van der Waals surface area contributed by atoms with Gasteiger partial charge in [-0.25, -0.2) is 0 Å². The van der Waals surface area contributed by atoms with Crippen LogP contribution in [0.3, 0.4) is 0 Å². The summed E-state index contributed by atoms with van der Waals surface area (Å²) in [5.41, 5.74) is 9.90. The molecule has 0 amide bonds. The number of pyridine rings is 1. The van der Waals surface area contributed by atoms with E-state index in [-0.39, 0.29) is 0 Å². The Kier molecular flexibility index (Phi) is 3.50. The van der Waals surface area contributed by atoms with E-state index in [1.807, 2.05) is 36.5 Å². The Morgan fingerprint density at radius 1 is 1.00 bits per heavy atom. The zero-order valence-corrected chi connectivity index (χ0v) is 11.2. The van der Waals surface area contributed by atoms with Gasteiger partial charge in [0.15, 0.2) is 0 Å². The number of benzene rings is 2. The van der Waals surface area contributed by atoms with E-state index in [1.54, 1.807) is 0 Å². The molecular weight excluding hydrogens is 246 g/mol. The second kappa shape index (κ2) is 5.61. The van der Waals surface area contributed by atoms with Crippen molar-refractivity contribution in [3.63, 3.8) is 0 Å². The van der Waals surface area contributed by atoms with Gasteiger partial charge in [-0.3, -0.25) is 4.98 Å². The van der Waals surface area contributed by atoms with Crippen molar-refractivity contribution < 1.29 is 0 Å². The van der Waals surface area contributed by atoms with Gasteiger partial charge >= 0.3 is 0 Å². The van der Waals surface area contributed by atoms with Gasteiger partial charge in [0.25, 0.3) is 0 Å². The average Bonchev–Trinajstić information content (AvgIpc) is 2.48. The maximum Gasteiger partial charge on any atom is 0.0743 e. The fraction of sp³-hybridized carbons (Fsp3) is 0.118. The van der Waals surface area contributed by atoms with E-state index >= 15 is 0 Å². The van der Waals surface area contributed by atoms with Crippen molar-refractivity contribution in [1.82, 2.24) is 4.98 Å². The number of fused-ring (bicyclic) bond motifs is 1. The van der Waals surface area contributed by atoms with Crippen LogP contribution in [0.1, 0.15) is 5.56 Å². The van der Waals surface area contributed by atoms with Crippen LogP contribution < -0.4 is 11.1 Å². The molecule has 3 aromatic rings. The molecule has 20 heavy (non-hydrogen) atoms. The van der Waals surface area contributed by atoms with Crippen molar-refractivity contribution in [3.05, 3.63) is 66.4 Å². The lowest BCUT2D eigenvalue weighted by Gasteiger charge is -2.09. The van der Waals surface area contributed by atoms with Crippen molar-refractivity contribution in [2.45, 2.75) is 6.42 Å². The van der Waals surface area contributed by atoms with Crippen LogP contribution >= 0.6 is 0 Å². The minimum atomic E-state index is 0.742.